The summed E-state index contributed by atoms with van der Waals surface area (Å²) in [5, 5.41) is 0. The molecule has 182 valence electrons. The first-order valence-electron chi connectivity index (χ1n) is 11.9. The van der Waals surface area contributed by atoms with Gasteiger partial charge in [0.25, 0.3) is 11.8 Å². The standard InChI is InChI=1S/C26H27FN4O4/c27-20-6-1-4-18(14-20)15-31-25(34)21-7-2-8-22(23(21)26(31)35)30-9-3-5-19(16-30)24(33)29-12-10-28(17-32)11-13-29/h1-2,4,6-8,14,17,19H,3,5,9-13,15-16H2/t19-/m1/s1. The van der Waals surface area contributed by atoms with Crippen molar-refractivity contribution >= 4 is 29.8 Å². The van der Waals surface area contributed by atoms with E-state index in [1.165, 1.54) is 12.1 Å². The van der Waals surface area contributed by atoms with Gasteiger partial charge in [-0.25, -0.2) is 4.39 Å². The predicted molar refractivity (Wildman–Crippen MR) is 126 cm³/mol. The first-order valence-corrected chi connectivity index (χ1v) is 11.9. The van der Waals surface area contributed by atoms with Crippen molar-refractivity contribution < 1.29 is 23.6 Å². The van der Waals surface area contributed by atoms with Gasteiger partial charge in [-0.3, -0.25) is 24.1 Å². The second kappa shape index (κ2) is 9.48. The topological polar surface area (TPSA) is 81.2 Å². The Kier molecular flexibility index (Phi) is 6.23. The summed E-state index contributed by atoms with van der Waals surface area (Å²) in [7, 11) is 0. The van der Waals surface area contributed by atoms with Gasteiger partial charge in [-0.05, 0) is 42.7 Å². The molecule has 0 spiro atoms. The zero-order chi connectivity index (χ0) is 24.5. The van der Waals surface area contributed by atoms with E-state index >= 15 is 0 Å². The Morgan fingerprint density at radius 3 is 2.51 bits per heavy atom. The summed E-state index contributed by atoms with van der Waals surface area (Å²) in [5.41, 5.74) is 1.88. The van der Waals surface area contributed by atoms with E-state index in [1.54, 1.807) is 29.2 Å². The number of hydrogen-bond donors (Lipinski definition) is 0. The first-order chi connectivity index (χ1) is 17.0. The molecule has 35 heavy (non-hydrogen) atoms. The van der Waals surface area contributed by atoms with Gasteiger partial charge in [0.2, 0.25) is 12.3 Å². The Hall–Kier alpha value is -3.75. The van der Waals surface area contributed by atoms with E-state index in [2.05, 4.69) is 0 Å². The van der Waals surface area contributed by atoms with Gasteiger partial charge in [-0.15, -0.1) is 0 Å². The number of hydrogen-bond acceptors (Lipinski definition) is 5. The van der Waals surface area contributed by atoms with Crippen molar-refractivity contribution in [3.8, 4) is 0 Å². The number of piperidine rings is 1. The summed E-state index contributed by atoms with van der Waals surface area (Å²) in [6.07, 6.45) is 2.37. The number of anilines is 1. The van der Waals surface area contributed by atoms with E-state index < -0.39 is 17.6 Å². The van der Waals surface area contributed by atoms with Gasteiger partial charge in [0, 0.05) is 39.3 Å². The molecule has 4 amide bonds. The highest BCUT2D eigenvalue weighted by Gasteiger charge is 2.40. The largest absolute Gasteiger partial charge is 0.370 e. The molecule has 0 aliphatic carbocycles. The fraction of sp³-hybridized carbons (Fsp3) is 0.385. The van der Waals surface area contributed by atoms with Crippen molar-refractivity contribution in [1.82, 2.24) is 14.7 Å². The fourth-order valence-corrected chi connectivity index (χ4v) is 5.24. The zero-order valence-corrected chi connectivity index (χ0v) is 19.4. The van der Waals surface area contributed by atoms with Crippen LogP contribution in [0.25, 0.3) is 0 Å². The van der Waals surface area contributed by atoms with Crippen molar-refractivity contribution in [2.24, 2.45) is 5.92 Å². The van der Waals surface area contributed by atoms with Crippen LogP contribution in [0.1, 0.15) is 39.1 Å². The highest BCUT2D eigenvalue weighted by atomic mass is 19.1. The maximum atomic E-state index is 13.6. The zero-order valence-electron chi connectivity index (χ0n) is 19.4. The van der Waals surface area contributed by atoms with Crippen molar-refractivity contribution in [2.75, 3.05) is 44.2 Å². The quantitative estimate of drug-likeness (QED) is 0.486. The third-order valence-electron chi connectivity index (χ3n) is 7.09. The summed E-state index contributed by atoms with van der Waals surface area (Å²) in [4.78, 5) is 57.3. The molecular formula is C26H27FN4O4. The lowest BCUT2D eigenvalue weighted by Gasteiger charge is -2.39. The molecule has 1 atom stereocenters. The van der Waals surface area contributed by atoms with E-state index in [0.717, 1.165) is 24.2 Å². The second-order valence-corrected chi connectivity index (χ2v) is 9.28. The van der Waals surface area contributed by atoms with Crippen LogP contribution in [0.2, 0.25) is 0 Å². The van der Waals surface area contributed by atoms with Gasteiger partial charge in [0.05, 0.1) is 29.3 Å². The van der Waals surface area contributed by atoms with Gasteiger partial charge >= 0.3 is 0 Å². The molecule has 8 nitrogen and oxygen atoms in total. The highest BCUT2D eigenvalue weighted by molar-refractivity contribution is 6.23. The van der Waals surface area contributed by atoms with Crippen LogP contribution in [0.5, 0.6) is 0 Å². The normalized spacial score (nSPS) is 20.3. The van der Waals surface area contributed by atoms with E-state index in [1.807, 2.05) is 15.9 Å². The molecule has 0 N–H and O–H groups in total. The number of benzene rings is 2. The summed E-state index contributed by atoms with van der Waals surface area (Å²) in [6, 6.07) is 11.1. The summed E-state index contributed by atoms with van der Waals surface area (Å²) in [5.74, 6) is -1.35. The maximum absolute atomic E-state index is 13.6. The first kappa shape index (κ1) is 23.0. The van der Waals surface area contributed by atoms with Crippen LogP contribution in [0.4, 0.5) is 10.1 Å². The number of imide groups is 1. The molecule has 2 aromatic carbocycles. The molecule has 2 fully saturated rings. The third kappa shape index (κ3) is 4.38. The van der Waals surface area contributed by atoms with E-state index in [-0.39, 0.29) is 18.4 Å². The van der Waals surface area contributed by atoms with E-state index in [9.17, 15) is 23.6 Å². The second-order valence-electron chi connectivity index (χ2n) is 9.28. The van der Waals surface area contributed by atoms with Crippen LogP contribution in [-0.2, 0) is 16.1 Å². The SMILES string of the molecule is O=CN1CCN(C(=O)[C@@H]2CCCN(c3cccc4c3C(=O)N(Cc3cccc(F)c3)C4=O)C2)CC1. The van der Waals surface area contributed by atoms with Crippen LogP contribution < -0.4 is 4.90 Å². The van der Waals surface area contributed by atoms with Gasteiger partial charge < -0.3 is 14.7 Å². The van der Waals surface area contributed by atoms with Crippen LogP contribution in [-0.4, -0.2) is 78.1 Å². The minimum Gasteiger partial charge on any atom is -0.370 e. The van der Waals surface area contributed by atoms with Crippen molar-refractivity contribution in [3.05, 3.63) is 65.0 Å². The monoisotopic (exact) mass is 478 g/mol. The third-order valence-corrected chi connectivity index (χ3v) is 7.09. The molecule has 3 aliphatic rings. The highest BCUT2D eigenvalue weighted by Crippen LogP contribution is 2.35. The lowest BCUT2D eigenvalue weighted by Crippen LogP contribution is -2.52. The molecular weight excluding hydrogens is 451 g/mol. The van der Waals surface area contributed by atoms with E-state index in [0.29, 0.717) is 61.6 Å². The molecule has 2 saturated heterocycles. The Morgan fingerprint density at radius 1 is 1.00 bits per heavy atom. The van der Waals surface area contributed by atoms with Gasteiger partial charge in [-0.1, -0.05) is 18.2 Å². The molecule has 5 rings (SSSR count). The smallest absolute Gasteiger partial charge is 0.263 e. The average Bonchev–Trinajstić information content (AvgIpc) is 3.13. The van der Waals surface area contributed by atoms with Gasteiger partial charge in [0.15, 0.2) is 0 Å². The molecule has 0 unspecified atom stereocenters. The molecule has 0 bridgehead atoms. The lowest BCUT2D eigenvalue weighted by atomic mass is 9.94. The van der Waals surface area contributed by atoms with Gasteiger partial charge in [-0.2, -0.15) is 0 Å². The minimum atomic E-state index is -0.420. The number of carbonyl (C=O) groups excluding carboxylic acids is 4. The number of amides is 4. The average molecular weight is 479 g/mol. The molecule has 3 aliphatic heterocycles. The molecule has 0 saturated carbocycles. The molecule has 0 radical (unpaired) electrons. The molecule has 3 heterocycles. The summed E-state index contributed by atoms with van der Waals surface area (Å²) < 4.78 is 13.6. The predicted octanol–water partition coefficient (Wildman–Crippen LogP) is 2.14. The number of fused-ring (bicyclic) bond motifs is 1. The van der Waals surface area contributed by atoms with Crippen LogP contribution in [0, 0.1) is 11.7 Å². The Bertz CT molecular complexity index is 1180. The Balaban J connectivity index is 1.34. The van der Waals surface area contributed by atoms with Crippen molar-refractivity contribution in [3.63, 3.8) is 0 Å². The lowest BCUT2D eigenvalue weighted by molar-refractivity contribution is -0.139. The van der Waals surface area contributed by atoms with Crippen molar-refractivity contribution in [2.45, 2.75) is 19.4 Å². The number of rotatable bonds is 5. The van der Waals surface area contributed by atoms with Crippen LogP contribution in [0.15, 0.2) is 42.5 Å². The maximum Gasteiger partial charge on any atom is 0.263 e. The number of piperazine rings is 1. The molecule has 9 heteroatoms. The minimum absolute atomic E-state index is 0.00256. The molecule has 0 aromatic heterocycles. The Morgan fingerprint density at radius 2 is 1.77 bits per heavy atom. The summed E-state index contributed by atoms with van der Waals surface area (Å²) >= 11 is 0. The number of halogens is 1. The van der Waals surface area contributed by atoms with Crippen LogP contribution in [0.3, 0.4) is 0 Å². The fourth-order valence-electron chi connectivity index (χ4n) is 5.24. The summed E-state index contributed by atoms with van der Waals surface area (Å²) in [6.45, 7) is 3.27. The number of carbonyl (C=O) groups is 4. The number of nitrogens with zero attached hydrogens (tertiary/aromatic N) is 4. The van der Waals surface area contributed by atoms with Gasteiger partial charge in [0.1, 0.15) is 5.82 Å². The van der Waals surface area contributed by atoms with E-state index in [4.69, 9.17) is 0 Å². The van der Waals surface area contributed by atoms with Crippen LogP contribution >= 0.6 is 0 Å². The van der Waals surface area contributed by atoms with Crippen molar-refractivity contribution in [1.29, 1.82) is 0 Å². The molecule has 2 aromatic rings. The Labute approximate surface area is 202 Å².